The van der Waals surface area contributed by atoms with Gasteiger partial charge in [0.1, 0.15) is 5.69 Å². The smallest absolute Gasteiger partial charge is 0.271 e. The molecule has 0 radical (unpaired) electrons. The Kier molecular flexibility index (Phi) is 3.29. The lowest BCUT2D eigenvalue weighted by atomic mass is 10.2. The van der Waals surface area contributed by atoms with Crippen LogP contribution < -0.4 is 11.1 Å². The van der Waals surface area contributed by atoms with E-state index < -0.39 is 9.84 Å². The molecule has 1 aliphatic rings. The summed E-state index contributed by atoms with van der Waals surface area (Å²) in [7, 11) is -3.00. The molecule has 0 aromatic carbocycles. The molecule has 3 N–H and O–H groups in total. The minimum atomic E-state index is -3.00. The molecule has 1 unspecified atom stereocenters. The van der Waals surface area contributed by atoms with Crippen molar-refractivity contribution in [3.63, 3.8) is 0 Å². The Hall–Kier alpha value is -1.57. The first kappa shape index (κ1) is 12.9. The van der Waals surface area contributed by atoms with Gasteiger partial charge in [0.15, 0.2) is 9.84 Å². The van der Waals surface area contributed by atoms with Crippen LogP contribution in [0.2, 0.25) is 0 Å². The number of nitrogen functional groups attached to an aromatic ring is 1. The zero-order valence-electron chi connectivity index (χ0n) is 10.1. The Morgan fingerprint density at radius 1 is 1.67 bits per heavy atom. The molecular formula is C10H16N4O3S. The lowest BCUT2D eigenvalue weighted by molar-refractivity contribution is 0.0931. The Bertz CT molecular complexity index is 564. The fraction of sp³-hybridized carbons (Fsp3) is 0.600. The molecule has 8 heteroatoms. The number of nitrogens with two attached hydrogens (primary N) is 1. The molecule has 1 amide bonds. The molecule has 1 saturated heterocycles. The fourth-order valence-corrected chi connectivity index (χ4v) is 3.72. The number of sulfone groups is 1. The largest absolute Gasteiger partial charge is 0.396 e. The second kappa shape index (κ2) is 4.60. The van der Waals surface area contributed by atoms with E-state index in [-0.39, 0.29) is 23.5 Å². The maximum atomic E-state index is 12.0. The van der Waals surface area contributed by atoms with Gasteiger partial charge in [-0.25, -0.2) is 8.42 Å². The van der Waals surface area contributed by atoms with Crippen LogP contribution in [0.5, 0.6) is 0 Å². The SMILES string of the molecule is CCn1ncc(N)c1C(=O)NC1CCS(=O)(=O)C1. The second-order valence-corrected chi connectivity index (χ2v) is 6.57. The predicted octanol–water partition coefficient (Wildman–Crippen LogP) is -0.598. The van der Waals surface area contributed by atoms with E-state index in [0.717, 1.165) is 0 Å². The van der Waals surface area contributed by atoms with Gasteiger partial charge in [-0.1, -0.05) is 0 Å². The minimum absolute atomic E-state index is 0.00108. The number of aromatic nitrogens is 2. The Morgan fingerprint density at radius 2 is 2.39 bits per heavy atom. The topological polar surface area (TPSA) is 107 Å². The number of nitrogens with one attached hydrogen (secondary N) is 1. The number of anilines is 1. The third kappa shape index (κ3) is 2.47. The van der Waals surface area contributed by atoms with Gasteiger partial charge in [0.25, 0.3) is 5.91 Å². The predicted molar refractivity (Wildman–Crippen MR) is 66.8 cm³/mol. The molecule has 100 valence electrons. The summed E-state index contributed by atoms with van der Waals surface area (Å²) in [5.74, 6) is -0.242. The maximum absolute atomic E-state index is 12.0. The first-order valence-electron chi connectivity index (χ1n) is 5.75. The van der Waals surface area contributed by atoms with Crippen molar-refractivity contribution in [3.05, 3.63) is 11.9 Å². The van der Waals surface area contributed by atoms with Crippen molar-refractivity contribution in [2.75, 3.05) is 17.2 Å². The molecule has 1 aliphatic heterocycles. The lowest BCUT2D eigenvalue weighted by Gasteiger charge is -2.12. The van der Waals surface area contributed by atoms with Crippen molar-refractivity contribution in [2.24, 2.45) is 0 Å². The summed E-state index contributed by atoms with van der Waals surface area (Å²) in [5, 5.41) is 6.66. The first-order valence-corrected chi connectivity index (χ1v) is 7.57. The highest BCUT2D eigenvalue weighted by Gasteiger charge is 2.30. The number of hydrogen-bond acceptors (Lipinski definition) is 5. The van der Waals surface area contributed by atoms with Gasteiger partial charge in [0, 0.05) is 12.6 Å². The highest BCUT2D eigenvalue weighted by Crippen LogP contribution is 2.14. The molecule has 2 rings (SSSR count). The van der Waals surface area contributed by atoms with E-state index >= 15 is 0 Å². The molecule has 0 spiro atoms. The number of rotatable bonds is 3. The average Bonchev–Trinajstić information content (AvgIpc) is 2.81. The van der Waals surface area contributed by atoms with Crippen LogP contribution in [-0.4, -0.2) is 41.7 Å². The highest BCUT2D eigenvalue weighted by atomic mass is 32.2. The Morgan fingerprint density at radius 3 is 2.94 bits per heavy atom. The van der Waals surface area contributed by atoms with Crippen LogP contribution in [0.1, 0.15) is 23.8 Å². The zero-order valence-corrected chi connectivity index (χ0v) is 10.9. The van der Waals surface area contributed by atoms with E-state index in [1.165, 1.54) is 10.9 Å². The minimum Gasteiger partial charge on any atom is -0.396 e. The molecule has 0 bridgehead atoms. The maximum Gasteiger partial charge on any atom is 0.271 e. The molecule has 0 saturated carbocycles. The summed E-state index contributed by atoms with van der Waals surface area (Å²) in [6, 6.07) is -0.331. The van der Waals surface area contributed by atoms with Crippen molar-refractivity contribution < 1.29 is 13.2 Å². The fourth-order valence-electron chi connectivity index (χ4n) is 2.05. The van der Waals surface area contributed by atoms with Gasteiger partial charge >= 0.3 is 0 Å². The van der Waals surface area contributed by atoms with E-state index in [4.69, 9.17) is 5.73 Å². The summed E-state index contributed by atoms with van der Waals surface area (Å²) in [4.78, 5) is 12.0. The van der Waals surface area contributed by atoms with Crippen molar-refractivity contribution >= 4 is 21.4 Å². The zero-order chi connectivity index (χ0) is 13.3. The van der Waals surface area contributed by atoms with E-state index in [1.807, 2.05) is 6.92 Å². The van der Waals surface area contributed by atoms with E-state index in [0.29, 0.717) is 24.3 Å². The van der Waals surface area contributed by atoms with Crippen molar-refractivity contribution in [1.82, 2.24) is 15.1 Å². The van der Waals surface area contributed by atoms with Gasteiger partial charge in [-0.05, 0) is 13.3 Å². The van der Waals surface area contributed by atoms with Gasteiger partial charge in [-0.15, -0.1) is 0 Å². The Balaban J connectivity index is 2.11. The summed E-state index contributed by atoms with van der Waals surface area (Å²) in [6.07, 6.45) is 1.87. The van der Waals surface area contributed by atoms with E-state index in [2.05, 4.69) is 10.4 Å². The molecule has 18 heavy (non-hydrogen) atoms. The third-order valence-electron chi connectivity index (χ3n) is 2.95. The average molecular weight is 272 g/mol. The first-order chi connectivity index (χ1) is 8.43. The molecule has 1 fully saturated rings. The van der Waals surface area contributed by atoms with Gasteiger partial charge in [0.2, 0.25) is 0 Å². The van der Waals surface area contributed by atoms with E-state index in [1.54, 1.807) is 0 Å². The highest BCUT2D eigenvalue weighted by molar-refractivity contribution is 7.91. The number of carbonyl (C=O) groups excluding carboxylic acids is 1. The summed E-state index contributed by atoms with van der Waals surface area (Å²) < 4.78 is 24.1. The van der Waals surface area contributed by atoms with Crippen molar-refractivity contribution in [1.29, 1.82) is 0 Å². The molecule has 0 aliphatic carbocycles. The number of nitrogens with zero attached hydrogens (tertiary/aromatic N) is 2. The lowest BCUT2D eigenvalue weighted by Crippen LogP contribution is -2.37. The van der Waals surface area contributed by atoms with Crippen LogP contribution in [0.25, 0.3) is 0 Å². The number of hydrogen-bond donors (Lipinski definition) is 2. The number of carbonyl (C=O) groups is 1. The normalized spacial score (nSPS) is 21.9. The summed E-state index contributed by atoms with van der Waals surface area (Å²) in [6.45, 7) is 2.38. The number of aryl methyl sites for hydroxylation is 1. The standard InChI is InChI=1S/C10H16N4O3S/c1-2-14-9(8(11)5-12-14)10(15)13-7-3-4-18(16,17)6-7/h5,7H,2-4,6,11H2,1H3,(H,13,15). The van der Waals surface area contributed by atoms with Gasteiger partial charge in [0.05, 0.1) is 23.4 Å². The number of amides is 1. The summed E-state index contributed by atoms with van der Waals surface area (Å²) >= 11 is 0. The third-order valence-corrected chi connectivity index (χ3v) is 4.72. The molecular weight excluding hydrogens is 256 g/mol. The van der Waals surface area contributed by atoms with Crippen LogP contribution in [-0.2, 0) is 16.4 Å². The second-order valence-electron chi connectivity index (χ2n) is 4.34. The van der Waals surface area contributed by atoms with Gasteiger partial charge in [-0.2, -0.15) is 5.10 Å². The van der Waals surface area contributed by atoms with Crippen LogP contribution in [0, 0.1) is 0 Å². The molecule has 2 heterocycles. The molecule has 1 aromatic rings. The van der Waals surface area contributed by atoms with Gasteiger partial charge < -0.3 is 11.1 Å². The van der Waals surface area contributed by atoms with Gasteiger partial charge in [-0.3, -0.25) is 9.48 Å². The van der Waals surface area contributed by atoms with Crippen molar-refractivity contribution in [2.45, 2.75) is 25.9 Å². The van der Waals surface area contributed by atoms with Crippen LogP contribution in [0.3, 0.4) is 0 Å². The summed E-state index contributed by atoms with van der Waals surface area (Å²) in [5.41, 5.74) is 6.28. The van der Waals surface area contributed by atoms with Crippen LogP contribution >= 0.6 is 0 Å². The van der Waals surface area contributed by atoms with Crippen LogP contribution in [0.15, 0.2) is 6.20 Å². The molecule has 7 nitrogen and oxygen atoms in total. The van der Waals surface area contributed by atoms with Crippen molar-refractivity contribution in [3.8, 4) is 0 Å². The Labute approximate surface area is 105 Å². The monoisotopic (exact) mass is 272 g/mol. The van der Waals surface area contributed by atoms with Crippen LogP contribution in [0.4, 0.5) is 5.69 Å². The quantitative estimate of drug-likeness (QED) is 0.764. The van der Waals surface area contributed by atoms with E-state index in [9.17, 15) is 13.2 Å². The molecule has 1 aromatic heterocycles. The molecule has 1 atom stereocenters.